The van der Waals surface area contributed by atoms with Gasteiger partial charge in [-0.2, -0.15) is 15.0 Å². The van der Waals surface area contributed by atoms with E-state index < -0.39 is 5.97 Å². The number of aromatic carboxylic acids is 1. The summed E-state index contributed by atoms with van der Waals surface area (Å²) < 4.78 is 13.0. The van der Waals surface area contributed by atoms with Gasteiger partial charge in [0, 0.05) is 92.8 Å². The van der Waals surface area contributed by atoms with E-state index >= 15 is 0 Å². The summed E-state index contributed by atoms with van der Waals surface area (Å²) in [6.45, 7) is 3.91. The highest BCUT2D eigenvalue weighted by Gasteiger charge is 2.27. The summed E-state index contributed by atoms with van der Waals surface area (Å²) >= 11 is 0. The molecule has 8 rings (SSSR count). The average molecular weight is 749 g/mol. The predicted octanol–water partition coefficient (Wildman–Crippen LogP) is 2.21. The van der Waals surface area contributed by atoms with Crippen LogP contribution in [0.15, 0.2) is 70.0 Å². The van der Waals surface area contributed by atoms with Crippen LogP contribution in [0.25, 0.3) is 33.4 Å². The maximum Gasteiger partial charge on any atom is 0.336 e. The molecule has 2 aromatic carbocycles. The number of morpholine rings is 1. The first-order valence-corrected chi connectivity index (χ1v) is 17.7. The van der Waals surface area contributed by atoms with Gasteiger partial charge < -0.3 is 44.5 Å². The van der Waals surface area contributed by atoms with Gasteiger partial charge in [0.05, 0.1) is 24.5 Å². The van der Waals surface area contributed by atoms with Crippen LogP contribution in [0.3, 0.4) is 0 Å². The summed E-state index contributed by atoms with van der Waals surface area (Å²) in [6, 6.07) is 13.8. The summed E-state index contributed by atoms with van der Waals surface area (Å²) in [5.74, 6) is -0.0543. The van der Waals surface area contributed by atoms with E-state index in [1.165, 1.54) is 35.0 Å². The second kappa shape index (κ2) is 15.0. The van der Waals surface area contributed by atoms with Crippen LogP contribution in [0.4, 0.5) is 23.5 Å². The Hall–Kier alpha value is -6.66. The van der Waals surface area contributed by atoms with E-state index in [2.05, 4.69) is 15.6 Å². The van der Waals surface area contributed by atoms with Gasteiger partial charge in [0.2, 0.25) is 23.8 Å². The van der Waals surface area contributed by atoms with Crippen molar-refractivity contribution in [2.24, 2.45) is 0 Å². The molecule has 18 heteroatoms. The van der Waals surface area contributed by atoms with Crippen molar-refractivity contribution in [3.05, 3.63) is 82.3 Å². The number of phenols is 1. The van der Waals surface area contributed by atoms with Crippen LogP contribution >= 0.6 is 0 Å². The number of nitrogens with one attached hydrogen (secondary N) is 1. The first-order chi connectivity index (χ1) is 26.7. The number of carbonyl (C=O) groups is 2. The molecule has 3 aliphatic heterocycles. The second-order valence-electron chi connectivity index (χ2n) is 13.1. The number of phenolic OH excluding ortho intramolecular Hbond substituents is 1. The highest BCUT2D eigenvalue weighted by atomic mass is 16.5. The molecule has 0 radical (unpaired) electrons. The minimum absolute atomic E-state index is 0.0305. The lowest BCUT2D eigenvalue weighted by molar-refractivity contribution is -0.132. The number of hydrogen-bond donors (Lipinski definition) is 4. The summed E-state index contributed by atoms with van der Waals surface area (Å²) in [6.07, 6.45) is 2.02. The Labute approximate surface area is 312 Å². The number of fused-ring (bicyclic) bond motifs is 2. The third-order valence-electron chi connectivity index (χ3n) is 9.52. The standard InChI is InChI=1S/C37H36N10O8/c48-14-7-23-20-47(43-42-23)21-32(51)44-8-10-45(11-9-44)36-39-35(40-37(41-36)46-12-15-54-16-13-46)38-22-1-4-26(29(17-22)34(52)53)33-27-5-2-24(49)18-30(27)55-31-19-25(50)3-6-28(31)33/h1-6,17-20,48-49H,7-16,21H2,(H,52,53)(H,38,39,40,41). The molecule has 2 fully saturated rings. The SMILES string of the molecule is O=C(O)c1cc(Nc2nc(N3CCOCC3)nc(N3CCN(C(=O)Cn4cc(CCO)nn4)CC3)n2)ccc1-c1c2ccc(=O)cc-2oc2cc(O)ccc12. The van der Waals surface area contributed by atoms with Crippen molar-refractivity contribution in [2.75, 3.05) is 74.2 Å². The molecule has 1 aliphatic carbocycles. The third kappa shape index (κ3) is 7.44. The zero-order valence-corrected chi connectivity index (χ0v) is 29.5. The average Bonchev–Trinajstić information content (AvgIpc) is 3.63. The van der Waals surface area contributed by atoms with Gasteiger partial charge in [-0.3, -0.25) is 9.59 Å². The van der Waals surface area contributed by atoms with E-state index in [1.54, 1.807) is 35.4 Å². The molecule has 282 valence electrons. The van der Waals surface area contributed by atoms with E-state index in [4.69, 9.17) is 29.2 Å². The molecule has 0 bridgehead atoms. The van der Waals surface area contributed by atoms with Crippen molar-refractivity contribution in [1.82, 2.24) is 34.8 Å². The van der Waals surface area contributed by atoms with Crippen molar-refractivity contribution in [3.63, 3.8) is 0 Å². The molecule has 2 saturated heterocycles. The van der Waals surface area contributed by atoms with Gasteiger partial charge in [0.25, 0.3) is 0 Å². The molecule has 0 saturated carbocycles. The Morgan fingerprint density at radius 2 is 1.60 bits per heavy atom. The maximum absolute atomic E-state index is 13.1. The number of aromatic hydroxyl groups is 1. The normalized spacial score (nSPS) is 14.8. The highest BCUT2D eigenvalue weighted by molar-refractivity contribution is 6.08. The fourth-order valence-corrected chi connectivity index (χ4v) is 6.79. The fourth-order valence-electron chi connectivity index (χ4n) is 6.79. The highest BCUT2D eigenvalue weighted by Crippen LogP contribution is 2.42. The lowest BCUT2D eigenvalue weighted by atomic mass is 9.90. The molecule has 4 aromatic rings. The zero-order valence-electron chi connectivity index (χ0n) is 29.5. The molecule has 2 aromatic heterocycles. The lowest BCUT2D eigenvalue weighted by Gasteiger charge is -2.35. The number of nitrogens with zero attached hydrogens (tertiary/aromatic N) is 9. The molecule has 1 amide bonds. The minimum atomic E-state index is -1.19. The fraction of sp³-hybridized carbons (Fsp3) is 0.297. The number of carbonyl (C=O) groups excluding carboxylic acids is 1. The van der Waals surface area contributed by atoms with Crippen LogP contribution in [-0.4, -0.2) is 121 Å². The maximum atomic E-state index is 13.1. The monoisotopic (exact) mass is 748 g/mol. The Morgan fingerprint density at radius 3 is 2.35 bits per heavy atom. The molecule has 0 atom stereocenters. The second-order valence-corrected chi connectivity index (χ2v) is 13.1. The first-order valence-electron chi connectivity index (χ1n) is 17.7. The number of anilines is 4. The van der Waals surface area contributed by atoms with Crippen LogP contribution in [-0.2, 0) is 22.5 Å². The third-order valence-corrected chi connectivity index (χ3v) is 9.52. The molecule has 18 nitrogen and oxygen atoms in total. The summed E-state index contributed by atoms with van der Waals surface area (Å²) in [4.78, 5) is 58.1. The molecular weight excluding hydrogens is 712 g/mol. The minimum Gasteiger partial charge on any atom is -0.508 e. The Morgan fingerprint density at radius 1 is 0.855 bits per heavy atom. The lowest BCUT2D eigenvalue weighted by Crippen LogP contribution is -2.50. The van der Waals surface area contributed by atoms with E-state index in [9.17, 15) is 24.6 Å². The number of rotatable bonds is 10. The van der Waals surface area contributed by atoms with Crippen molar-refractivity contribution < 1.29 is 34.1 Å². The number of benzene rings is 3. The van der Waals surface area contributed by atoms with E-state index in [-0.39, 0.29) is 53.1 Å². The van der Waals surface area contributed by atoms with Crippen molar-refractivity contribution in [1.29, 1.82) is 0 Å². The van der Waals surface area contributed by atoms with E-state index in [0.29, 0.717) is 104 Å². The number of amides is 1. The van der Waals surface area contributed by atoms with Crippen LogP contribution in [0.1, 0.15) is 16.1 Å². The van der Waals surface area contributed by atoms with E-state index in [0.717, 1.165) is 0 Å². The number of ether oxygens (including phenoxy) is 1. The van der Waals surface area contributed by atoms with Crippen LogP contribution in [0, 0.1) is 0 Å². The Balaban J connectivity index is 1.08. The number of aliphatic hydroxyl groups excluding tert-OH is 1. The quantitative estimate of drug-likeness (QED) is 0.147. The zero-order chi connectivity index (χ0) is 38.1. The molecule has 5 heterocycles. The molecule has 0 spiro atoms. The summed E-state index contributed by atoms with van der Waals surface area (Å²) in [7, 11) is 0. The van der Waals surface area contributed by atoms with Gasteiger partial charge in [-0.25, -0.2) is 9.48 Å². The molecule has 55 heavy (non-hydrogen) atoms. The summed E-state index contributed by atoms with van der Waals surface area (Å²) in [5.41, 5.74) is 2.44. The number of aromatic nitrogens is 6. The van der Waals surface area contributed by atoms with Crippen molar-refractivity contribution >= 4 is 46.4 Å². The Kier molecular flexibility index (Phi) is 9.64. The van der Waals surface area contributed by atoms with Gasteiger partial charge in [0.1, 0.15) is 23.6 Å². The summed E-state index contributed by atoms with van der Waals surface area (Å²) in [5, 5.41) is 41.5. The number of aliphatic hydroxyl groups is 1. The number of hydrogen-bond acceptors (Lipinski definition) is 15. The Bertz CT molecular complexity index is 2420. The van der Waals surface area contributed by atoms with Crippen molar-refractivity contribution in [3.8, 4) is 28.2 Å². The van der Waals surface area contributed by atoms with Gasteiger partial charge in [-0.05, 0) is 42.0 Å². The van der Waals surface area contributed by atoms with E-state index in [1.807, 2.05) is 9.80 Å². The van der Waals surface area contributed by atoms with Gasteiger partial charge in [0.15, 0.2) is 5.43 Å². The smallest absolute Gasteiger partial charge is 0.336 e. The number of carboxylic acid groups (broad SMARTS) is 1. The topological polar surface area (TPSA) is 225 Å². The molecule has 4 N–H and O–H groups in total. The predicted molar refractivity (Wildman–Crippen MR) is 199 cm³/mol. The number of piperazine rings is 1. The van der Waals surface area contributed by atoms with Crippen molar-refractivity contribution in [2.45, 2.75) is 13.0 Å². The van der Waals surface area contributed by atoms with Crippen LogP contribution in [0.2, 0.25) is 0 Å². The largest absolute Gasteiger partial charge is 0.508 e. The first kappa shape index (κ1) is 35.4. The molecule has 4 aliphatic rings. The van der Waals surface area contributed by atoms with Crippen LogP contribution < -0.4 is 20.5 Å². The number of carboxylic acids is 1. The van der Waals surface area contributed by atoms with Gasteiger partial charge in [-0.15, -0.1) is 5.10 Å². The molecule has 0 unspecified atom stereocenters. The molecular formula is C37H36N10O8. The van der Waals surface area contributed by atoms with Gasteiger partial charge >= 0.3 is 5.97 Å². The van der Waals surface area contributed by atoms with Gasteiger partial charge in [-0.1, -0.05) is 11.3 Å². The van der Waals surface area contributed by atoms with Crippen LogP contribution in [0.5, 0.6) is 5.75 Å².